The van der Waals surface area contributed by atoms with E-state index < -0.39 is 0 Å². The van der Waals surface area contributed by atoms with Gasteiger partial charge < -0.3 is 10.3 Å². The Bertz CT molecular complexity index is 598. The standard InChI is InChI=1S/C15H19Cl2N3/c1-4-5-20-14(18)13(19-15(20)9(2)3)10-6-11(16)8-12(17)7-10/h6-9H,4-5,18H2,1-3H3. The Hall–Kier alpha value is -1.19. The fourth-order valence-electron chi connectivity index (χ4n) is 2.29. The molecule has 20 heavy (non-hydrogen) atoms. The monoisotopic (exact) mass is 311 g/mol. The number of halogens is 2. The fourth-order valence-corrected chi connectivity index (χ4v) is 2.81. The molecule has 2 N–H and O–H groups in total. The molecule has 2 aromatic rings. The van der Waals surface area contributed by atoms with Crippen molar-refractivity contribution in [3.8, 4) is 11.3 Å². The number of hydrogen-bond acceptors (Lipinski definition) is 2. The van der Waals surface area contributed by atoms with Crippen molar-refractivity contribution in [3.63, 3.8) is 0 Å². The molecule has 1 aromatic carbocycles. The first-order chi connectivity index (χ1) is 9.43. The molecule has 0 saturated heterocycles. The smallest absolute Gasteiger partial charge is 0.131 e. The Balaban J connectivity index is 2.59. The van der Waals surface area contributed by atoms with Gasteiger partial charge in [-0.15, -0.1) is 0 Å². The maximum Gasteiger partial charge on any atom is 0.131 e. The largest absolute Gasteiger partial charge is 0.383 e. The number of imidazole rings is 1. The highest BCUT2D eigenvalue weighted by Crippen LogP contribution is 2.32. The Morgan fingerprint density at radius 1 is 1.20 bits per heavy atom. The molecule has 108 valence electrons. The van der Waals surface area contributed by atoms with Gasteiger partial charge in [0.1, 0.15) is 17.3 Å². The third-order valence-electron chi connectivity index (χ3n) is 3.14. The minimum atomic E-state index is 0.312. The summed E-state index contributed by atoms with van der Waals surface area (Å²) in [5.74, 6) is 1.98. The van der Waals surface area contributed by atoms with Crippen LogP contribution in [-0.4, -0.2) is 9.55 Å². The van der Waals surface area contributed by atoms with Crippen LogP contribution in [0.15, 0.2) is 18.2 Å². The molecule has 0 atom stereocenters. The predicted molar refractivity (Wildman–Crippen MR) is 86.5 cm³/mol. The summed E-state index contributed by atoms with van der Waals surface area (Å²) in [6.45, 7) is 7.21. The Labute approximate surface area is 129 Å². The van der Waals surface area contributed by atoms with Crippen molar-refractivity contribution >= 4 is 29.0 Å². The van der Waals surface area contributed by atoms with Gasteiger partial charge in [-0.2, -0.15) is 0 Å². The molecule has 0 aliphatic carbocycles. The topological polar surface area (TPSA) is 43.8 Å². The average Bonchev–Trinajstić information content (AvgIpc) is 2.67. The lowest BCUT2D eigenvalue weighted by Gasteiger charge is -2.10. The van der Waals surface area contributed by atoms with E-state index in [2.05, 4.69) is 25.3 Å². The van der Waals surface area contributed by atoms with Crippen LogP contribution in [0.2, 0.25) is 10.0 Å². The van der Waals surface area contributed by atoms with Gasteiger partial charge in [0.2, 0.25) is 0 Å². The van der Waals surface area contributed by atoms with Gasteiger partial charge in [-0.25, -0.2) is 4.98 Å². The minimum Gasteiger partial charge on any atom is -0.383 e. The summed E-state index contributed by atoms with van der Waals surface area (Å²) in [6, 6.07) is 5.38. The zero-order chi connectivity index (χ0) is 14.9. The second-order valence-corrected chi connectivity index (χ2v) is 6.04. The van der Waals surface area contributed by atoms with Crippen LogP contribution in [-0.2, 0) is 6.54 Å². The quantitative estimate of drug-likeness (QED) is 0.866. The van der Waals surface area contributed by atoms with Crippen LogP contribution < -0.4 is 5.73 Å². The molecule has 1 aromatic heterocycles. The van der Waals surface area contributed by atoms with Crippen molar-refractivity contribution in [2.45, 2.75) is 39.7 Å². The SMILES string of the molecule is CCCn1c(C(C)C)nc(-c2cc(Cl)cc(Cl)c2)c1N. The van der Waals surface area contributed by atoms with E-state index in [1.54, 1.807) is 6.07 Å². The second-order valence-electron chi connectivity index (χ2n) is 5.17. The first-order valence-electron chi connectivity index (χ1n) is 6.76. The molecule has 0 amide bonds. The third kappa shape index (κ3) is 2.94. The lowest BCUT2D eigenvalue weighted by molar-refractivity contribution is 0.616. The van der Waals surface area contributed by atoms with Gasteiger partial charge in [0.15, 0.2) is 0 Å². The van der Waals surface area contributed by atoms with E-state index in [1.165, 1.54) is 0 Å². The lowest BCUT2D eigenvalue weighted by atomic mass is 10.1. The highest BCUT2D eigenvalue weighted by molar-refractivity contribution is 6.35. The lowest BCUT2D eigenvalue weighted by Crippen LogP contribution is -2.08. The van der Waals surface area contributed by atoms with Gasteiger partial charge >= 0.3 is 0 Å². The predicted octanol–water partition coefficient (Wildman–Crippen LogP) is 4.97. The van der Waals surface area contributed by atoms with E-state index in [0.29, 0.717) is 21.8 Å². The summed E-state index contributed by atoms with van der Waals surface area (Å²) in [5.41, 5.74) is 7.89. The Kier molecular flexibility index (Phi) is 4.61. The van der Waals surface area contributed by atoms with E-state index in [-0.39, 0.29) is 0 Å². The first kappa shape index (κ1) is 15.2. The molecule has 0 unspecified atom stereocenters. The zero-order valence-electron chi connectivity index (χ0n) is 12.0. The van der Waals surface area contributed by atoms with Crippen LogP contribution in [0, 0.1) is 0 Å². The van der Waals surface area contributed by atoms with E-state index >= 15 is 0 Å². The molecule has 0 saturated carbocycles. The number of benzene rings is 1. The fraction of sp³-hybridized carbons (Fsp3) is 0.400. The molecule has 1 heterocycles. The summed E-state index contributed by atoms with van der Waals surface area (Å²) in [6.07, 6.45) is 1.01. The molecular weight excluding hydrogens is 293 g/mol. The van der Waals surface area contributed by atoms with Gasteiger partial charge in [0.05, 0.1) is 0 Å². The normalized spacial score (nSPS) is 11.3. The number of hydrogen-bond donors (Lipinski definition) is 1. The Morgan fingerprint density at radius 2 is 1.80 bits per heavy atom. The highest BCUT2D eigenvalue weighted by Gasteiger charge is 2.18. The first-order valence-corrected chi connectivity index (χ1v) is 7.52. The van der Waals surface area contributed by atoms with Crippen molar-refractivity contribution in [1.82, 2.24) is 9.55 Å². The molecule has 0 aliphatic heterocycles. The summed E-state index contributed by atoms with van der Waals surface area (Å²) in [7, 11) is 0. The molecule has 5 heteroatoms. The molecular formula is C15H19Cl2N3. The average molecular weight is 312 g/mol. The van der Waals surface area contributed by atoms with Crippen molar-refractivity contribution in [1.29, 1.82) is 0 Å². The summed E-state index contributed by atoms with van der Waals surface area (Å²) < 4.78 is 2.08. The van der Waals surface area contributed by atoms with E-state index in [4.69, 9.17) is 33.9 Å². The van der Waals surface area contributed by atoms with Crippen molar-refractivity contribution < 1.29 is 0 Å². The molecule has 0 fully saturated rings. The van der Waals surface area contributed by atoms with Crippen LogP contribution in [0.4, 0.5) is 5.82 Å². The van der Waals surface area contributed by atoms with Gasteiger partial charge in [-0.1, -0.05) is 44.0 Å². The second kappa shape index (κ2) is 6.06. The van der Waals surface area contributed by atoms with E-state index in [1.807, 2.05) is 12.1 Å². The van der Waals surface area contributed by atoms with Gasteiger partial charge in [0.25, 0.3) is 0 Å². The number of nitrogens with zero attached hydrogens (tertiary/aromatic N) is 2. The van der Waals surface area contributed by atoms with E-state index in [0.717, 1.165) is 30.0 Å². The van der Waals surface area contributed by atoms with Gasteiger partial charge in [-0.3, -0.25) is 0 Å². The van der Waals surface area contributed by atoms with Gasteiger partial charge in [0, 0.05) is 28.1 Å². The van der Waals surface area contributed by atoms with Crippen LogP contribution in [0.5, 0.6) is 0 Å². The Morgan fingerprint density at radius 3 is 2.30 bits per heavy atom. The van der Waals surface area contributed by atoms with Crippen molar-refractivity contribution in [2.24, 2.45) is 0 Å². The number of nitrogens with two attached hydrogens (primary N) is 1. The molecule has 0 radical (unpaired) electrons. The molecule has 0 aliphatic rings. The van der Waals surface area contributed by atoms with E-state index in [9.17, 15) is 0 Å². The number of rotatable bonds is 4. The molecule has 0 bridgehead atoms. The van der Waals surface area contributed by atoms with Crippen molar-refractivity contribution in [3.05, 3.63) is 34.1 Å². The molecule has 2 rings (SSSR count). The number of anilines is 1. The van der Waals surface area contributed by atoms with Crippen molar-refractivity contribution in [2.75, 3.05) is 5.73 Å². The summed E-state index contributed by atoms with van der Waals surface area (Å²) in [4.78, 5) is 4.70. The number of aromatic nitrogens is 2. The van der Waals surface area contributed by atoms with Crippen LogP contribution in [0.3, 0.4) is 0 Å². The summed E-state index contributed by atoms with van der Waals surface area (Å²) >= 11 is 12.1. The molecule has 3 nitrogen and oxygen atoms in total. The van der Waals surface area contributed by atoms with Gasteiger partial charge in [-0.05, 0) is 24.6 Å². The summed E-state index contributed by atoms with van der Waals surface area (Å²) in [5, 5.41) is 1.17. The highest BCUT2D eigenvalue weighted by atomic mass is 35.5. The number of nitrogen functional groups attached to an aromatic ring is 1. The molecule has 0 spiro atoms. The van der Waals surface area contributed by atoms with Crippen LogP contribution in [0.25, 0.3) is 11.3 Å². The minimum absolute atomic E-state index is 0.312. The zero-order valence-corrected chi connectivity index (χ0v) is 13.5. The maximum atomic E-state index is 6.27. The maximum absolute atomic E-state index is 6.27. The van der Waals surface area contributed by atoms with Crippen LogP contribution >= 0.6 is 23.2 Å². The van der Waals surface area contributed by atoms with Crippen LogP contribution in [0.1, 0.15) is 38.9 Å². The third-order valence-corrected chi connectivity index (χ3v) is 3.57.